The molecule has 1 aromatic rings. The summed E-state index contributed by atoms with van der Waals surface area (Å²) in [4.78, 5) is 64.6. The topological polar surface area (TPSA) is 177 Å². The highest BCUT2D eigenvalue weighted by Gasteiger charge is 2.42. The second-order valence-corrected chi connectivity index (χ2v) is 9.94. The van der Waals surface area contributed by atoms with Crippen molar-refractivity contribution in [2.24, 2.45) is 5.73 Å². The highest BCUT2D eigenvalue weighted by atomic mass is 16.6. The van der Waals surface area contributed by atoms with Gasteiger partial charge in [-0.2, -0.15) is 0 Å². The first-order valence-corrected chi connectivity index (χ1v) is 12.0. The molecule has 1 aliphatic carbocycles. The summed E-state index contributed by atoms with van der Waals surface area (Å²) in [6.45, 7) is 6.14. The maximum Gasteiger partial charge on any atom is 0.408 e. The van der Waals surface area contributed by atoms with Crippen LogP contribution in [0.4, 0.5) is 4.79 Å². The minimum absolute atomic E-state index is 0.00260. The molecule has 4 amide bonds. The molecule has 2 atom stereocenters. The first-order valence-electron chi connectivity index (χ1n) is 12.0. The van der Waals surface area contributed by atoms with Gasteiger partial charge in [-0.05, 0) is 70.2 Å². The van der Waals surface area contributed by atoms with Crippen molar-refractivity contribution < 1.29 is 38.6 Å². The standard InChI is InChI=1S/C25H36N4O8/c1-14-11-15(9-10-18(14)30)21(22(33)27-13-20(32)36-5)29(16-7-6-8-16)23(34)17(12-19(26)31)28-24(35)37-25(2,3)4/h9-11,16-17,21,30H,6-8,12-13H2,1-5H3,(H2,26,31)(H,27,33)(H,28,35). The number of phenolic OH excluding ortho intramolecular Hbond substituents is 1. The zero-order chi connectivity index (χ0) is 27.9. The molecule has 0 saturated heterocycles. The van der Waals surface area contributed by atoms with Gasteiger partial charge >= 0.3 is 12.1 Å². The number of carbonyl (C=O) groups excluding carboxylic acids is 5. The predicted octanol–water partition coefficient (Wildman–Crippen LogP) is 1.18. The number of aryl methyl sites for hydroxylation is 1. The predicted molar refractivity (Wildman–Crippen MR) is 132 cm³/mol. The molecule has 1 saturated carbocycles. The van der Waals surface area contributed by atoms with Crippen molar-refractivity contribution in [1.82, 2.24) is 15.5 Å². The number of ether oxygens (including phenoxy) is 2. The number of rotatable bonds is 10. The number of aromatic hydroxyl groups is 1. The number of benzene rings is 1. The van der Waals surface area contributed by atoms with Crippen LogP contribution in [-0.4, -0.2) is 71.1 Å². The summed E-state index contributed by atoms with van der Waals surface area (Å²) < 4.78 is 9.84. The van der Waals surface area contributed by atoms with Crippen molar-refractivity contribution in [3.8, 4) is 5.75 Å². The Morgan fingerprint density at radius 3 is 2.32 bits per heavy atom. The van der Waals surface area contributed by atoms with E-state index < -0.39 is 60.4 Å². The molecule has 37 heavy (non-hydrogen) atoms. The number of hydrogen-bond acceptors (Lipinski definition) is 8. The van der Waals surface area contributed by atoms with Crippen LogP contribution >= 0.6 is 0 Å². The number of phenols is 1. The number of nitrogens with two attached hydrogens (primary N) is 1. The maximum absolute atomic E-state index is 13.9. The molecule has 0 bridgehead atoms. The number of nitrogens with zero attached hydrogens (tertiary/aromatic N) is 1. The third-order valence-electron chi connectivity index (χ3n) is 5.81. The molecule has 2 unspecified atom stereocenters. The van der Waals surface area contributed by atoms with Crippen LogP contribution in [0.25, 0.3) is 0 Å². The van der Waals surface area contributed by atoms with Crippen LogP contribution in [0, 0.1) is 6.92 Å². The van der Waals surface area contributed by atoms with Crippen molar-refractivity contribution in [1.29, 1.82) is 0 Å². The second kappa shape index (κ2) is 12.4. The molecule has 1 fully saturated rings. The normalized spacial score (nSPS) is 14.9. The summed E-state index contributed by atoms with van der Waals surface area (Å²) in [5, 5.41) is 14.9. The lowest BCUT2D eigenvalue weighted by Gasteiger charge is -2.43. The van der Waals surface area contributed by atoms with E-state index in [1.165, 1.54) is 24.1 Å². The molecule has 12 nitrogen and oxygen atoms in total. The van der Waals surface area contributed by atoms with Gasteiger partial charge in [-0.25, -0.2) is 4.79 Å². The van der Waals surface area contributed by atoms with E-state index in [4.69, 9.17) is 10.5 Å². The molecule has 0 spiro atoms. The third-order valence-corrected chi connectivity index (χ3v) is 5.81. The summed E-state index contributed by atoms with van der Waals surface area (Å²) in [6, 6.07) is 1.43. The maximum atomic E-state index is 13.9. The number of methoxy groups -OCH3 is 1. The number of hydrogen-bond donors (Lipinski definition) is 4. The average molecular weight is 521 g/mol. The van der Waals surface area contributed by atoms with Crippen LogP contribution in [-0.2, 0) is 28.7 Å². The van der Waals surface area contributed by atoms with Gasteiger partial charge in [-0.15, -0.1) is 0 Å². The smallest absolute Gasteiger partial charge is 0.408 e. The largest absolute Gasteiger partial charge is 0.508 e. The van der Waals surface area contributed by atoms with Crippen molar-refractivity contribution in [3.63, 3.8) is 0 Å². The summed E-state index contributed by atoms with van der Waals surface area (Å²) in [5.41, 5.74) is 5.34. The lowest BCUT2D eigenvalue weighted by molar-refractivity contribution is -0.149. The molecule has 0 heterocycles. The first-order chi connectivity index (χ1) is 17.2. The lowest BCUT2D eigenvalue weighted by Crippen LogP contribution is -2.58. The van der Waals surface area contributed by atoms with Gasteiger partial charge in [0.15, 0.2) is 0 Å². The summed E-state index contributed by atoms with van der Waals surface area (Å²) in [7, 11) is 1.18. The third kappa shape index (κ3) is 8.36. The summed E-state index contributed by atoms with van der Waals surface area (Å²) in [5.74, 6) is -2.91. The van der Waals surface area contributed by atoms with E-state index in [1.807, 2.05) is 0 Å². The average Bonchev–Trinajstić information content (AvgIpc) is 2.75. The number of carbonyl (C=O) groups is 5. The molecule has 204 valence electrons. The van der Waals surface area contributed by atoms with Gasteiger partial charge in [-0.3, -0.25) is 19.2 Å². The van der Waals surface area contributed by atoms with Crippen molar-refractivity contribution >= 4 is 29.8 Å². The molecule has 0 radical (unpaired) electrons. The molecule has 2 rings (SSSR count). The van der Waals surface area contributed by atoms with Crippen LogP contribution < -0.4 is 16.4 Å². The van der Waals surface area contributed by atoms with Gasteiger partial charge in [0.1, 0.15) is 30.0 Å². The number of primary amides is 1. The van der Waals surface area contributed by atoms with Crippen LogP contribution in [0.15, 0.2) is 18.2 Å². The Morgan fingerprint density at radius 1 is 1.19 bits per heavy atom. The zero-order valence-corrected chi connectivity index (χ0v) is 21.8. The minimum Gasteiger partial charge on any atom is -0.508 e. The number of nitrogens with one attached hydrogen (secondary N) is 2. The Balaban J connectivity index is 2.51. The quantitative estimate of drug-likeness (QED) is 0.332. The van der Waals surface area contributed by atoms with Gasteiger partial charge in [-0.1, -0.05) is 6.07 Å². The number of amides is 4. The van der Waals surface area contributed by atoms with E-state index >= 15 is 0 Å². The summed E-state index contributed by atoms with van der Waals surface area (Å²) in [6.07, 6.45) is 0.526. The molecular formula is C25H36N4O8. The SMILES string of the molecule is COC(=O)CNC(=O)C(c1ccc(O)c(C)c1)N(C(=O)C(CC(N)=O)NC(=O)OC(C)(C)C)C1CCC1. The fourth-order valence-corrected chi connectivity index (χ4v) is 3.83. The van der Waals surface area contributed by atoms with Gasteiger partial charge in [0.05, 0.1) is 13.5 Å². The highest BCUT2D eigenvalue weighted by Crippen LogP contribution is 2.35. The molecule has 1 aliphatic rings. The van der Waals surface area contributed by atoms with Crippen molar-refractivity contribution in [2.45, 2.75) is 77.1 Å². The molecule has 0 aliphatic heterocycles. The first kappa shape index (κ1) is 29.4. The zero-order valence-electron chi connectivity index (χ0n) is 21.8. The number of esters is 1. The van der Waals surface area contributed by atoms with Crippen LogP contribution in [0.2, 0.25) is 0 Å². The lowest BCUT2D eigenvalue weighted by atomic mass is 9.87. The Morgan fingerprint density at radius 2 is 1.84 bits per heavy atom. The Kier molecular flexibility index (Phi) is 9.87. The van der Waals surface area contributed by atoms with Crippen LogP contribution in [0.3, 0.4) is 0 Å². The Labute approximate surface area is 215 Å². The molecule has 0 aromatic heterocycles. The van der Waals surface area contributed by atoms with E-state index in [2.05, 4.69) is 15.4 Å². The molecular weight excluding hydrogens is 484 g/mol. The van der Waals surface area contributed by atoms with Crippen LogP contribution in [0.5, 0.6) is 5.75 Å². The minimum atomic E-state index is -1.40. The van der Waals surface area contributed by atoms with Crippen molar-refractivity contribution in [3.05, 3.63) is 29.3 Å². The molecule has 5 N–H and O–H groups in total. The van der Waals surface area contributed by atoms with Gasteiger partial charge in [0.25, 0.3) is 0 Å². The highest BCUT2D eigenvalue weighted by molar-refractivity contribution is 5.95. The van der Waals surface area contributed by atoms with E-state index in [-0.39, 0.29) is 11.8 Å². The van der Waals surface area contributed by atoms with E-state index in [0.29, 0.717) is 24.0 Å². The Hall–Kier alpha value is -3.83. The number of alkyl carbamates (subject to hydrolysis) is 1. The van der Waals surface area contributed by atoms with Gasteiger partial charge < -0.3 is 35.8 Å². The van der Waals surface area contributed by atoms with E-state index in [1.54, 1.807) is 33.8 Å². The van der Waals surface area contributed by atoms with E-state index in [0.717, 1.165) is 6.42 Å². The fourth-order valence-electron chi connectivity index (χ4n) is 3.83. The van der Waals surface area contributed by atoms with Gasteiger partial charge in [0, 0.05) is 6.04 Å². The van der Waals surface area contributed by atoms with Gasteiger partial charge in [0.2, 0.25) is 17.7 Å². The fraction of sp³-hybridized carbons (Fsp3) is 0.560. The van der Waals surface area contributed by atoms with E-state index in [9.17, 15) is 29.1 Å². The monoisotopic (exact) mass is 520 g/mol. The summed E-state index contributed by atoms with van der Waals surface area (Å²) >= 11 is 0. The molecule has 1 aromatic carbocycles. The molecule has 12 heteroatoms. The van der Waals surface area contributed by atoms with Crippen molar-refractivity contribution in [2.75, 3.05) is 13.7 Å². The van der Waals surface area contributed by atoms with Crippen LogP contribution in [0.1, 0.15) is 63.6 Å². The Bertz CT molecular complexity index is 1030. The second-order valence-electron chi connectivity index (χ2n) is 9.94.